The van der Waals surface area contributed by atoms with Crippen molar-refractivity contribution in [2.24, 2.45) is 5.92 Å². The predicted molar refractivity (Wildman–Crippen MR) is 128 cm³/mol. The van der Waals surface area contributed by atoms with Crippen molar-refractivity contribution < 1.29 is 22.7 Å². The molecule has 1 saturated carbocycles. The summed E-state index contributed by atoms with van der Waals surface area (Å²) < 4.78 is 49.7. The van der Waals surface area contributed by atoms with Crippen LogP contribution in [0.15, 0.2) is 65.7 Å². The van der Waals surface area contributed by atoms with Gasteiger partial charge in [-0.3, -0.25) is 14.3 Å². The summed E-state index contributed by atoms with van der Waals surface area (Å²) in [6.45, 7) is 1.51. The van der Waals surface area contributed by atoms with Gasteiger partial charge < -0.3 is 10.1 Å². The Hall–Kier alpha value is -4.14. The maximum Gasteiger partial charge on any atom is 0.413 e. The number of hydrogen-bond acceptors (Lipinski definition) is 4. The number of benzene rings is 2. The van der Waals surface area contributed by atoms with E-state index in [0.29, 0.717) is 17.3 Å². The summed E-state index contributed by atoms with van der Waals surface area (Å²) in [5.41, 5.74) is 0.332. The third-order valence-electron chi connectivity index (χ3n) is 6.58. The molecule has 36 heavy (non-hydrogen) atoms. The first-order valence-corrected chi connectivity index (χ1v) is 11.5. The molecule has 4 aromatic rings. The van der Waals surface area contributed by atoms with Crippen molar-refractivity contribution in [2.45, 2.75) is 32.2 Å². The van der Waals surface area contributed by atoms with E-state index in [0.717, 1.165) is 29.9 Å². The largest absolute Gasteiger partial charge is 0.413 e. The van der Waals surface area contributed by atoms with E-state index in [4.69, 9.17) is 4.74 Å². The van der Waals surface area contributed by atoms with Crippen LogP contribution in [0, 0.1) is 30.3 Å². The summed E-state index contributed by atoms with van der Waals surface area (Å²) in [6, 6.07) is 10.2. The first-order valence-electron chi connectivity index (χ1n) is 11.5. The van der Waals surface area contributed by atoms with E-state index in [1.165, 1.54) is 31.5 Å². The van der Waals surface area contributed by atoms with Gasteiger partial charge >= 0.3 is 6.09 Å². The molecule has 5 rings (SSSR count). The minimum Gasteiger partial charge on any atom is -0.408 e. The van der Waals surface area contributed by atoms with Crippen molar-refractivity contribution in [3.05, 3.63) is 100.0 Å². The number of pyridine rings is 2. The lowest BCUT2D eigenvalue weighted by molar-refractivity contribution is 0.176. The lowest BCUT2D eigenvalue weighted by atomic mass is 9.77. The molecule has 1 fully saturated rings. The van der Waals surface area contributed by atoms with Crippen molar-refractivity contribution in [2.75, 3.05) is 0 Å². The molecule has 1 N–H and O–H groups in total. The summed E-state index contributed by atoms with van der Waals surface area (Å²) in [6.07, 6.45) is 4.73. The Labute approximate surface area is 204 Å². The van der Waals surface area contributed by atoms with E-state index in [2.05, 4.69) is 10.3 Å². The van der Waals surface area contributed by atoms with Gasteiger partial charge in [0.1, 0.15) is 17.5 Å². The van der Waals surface area contributed by atoms with Crippen molar-refractivity contribution >= 4 is 16.9 Å². The topological polar surface area (TPSA) is 73.2 Å². The van der Waals surface area contributed by atoms with Crippen LogP contribution in [0.25, 0.3) is 16.5 Å². The van der Waals surface area contributed by atoms with Crippen molar-refractivity contribution in [3.8, 4) is 11.4 Å². The Morgan fingerprint density at radius 3 is 2.58 bits per heavy atom. The fraction of sp³-hybridized carbons (Fsp3) is 0.222. The second-order valence-corrected chi connectivity index (χ2v) is 8.83. The number of nitrogens with one attached hydrogen (secondary N) is 1. The van der Waals surface area contributed by atoms with Gasteiger partial charge in [0.2, 0.25) is 0 Å². The quantitative estimate of drug-likeness (QED) is 0.385. The van der Waals surface area contributed by atoms with Crippen LogP contribution in [0.1, 0.15) is 36.6 Å². The summed E-state index contributed by atoms with van der Waals surface area (Å²) in [5, 5.41) is 2.20. The molecule has 1 atom stereocenters. The molecule has 1 aliphatic rings. The van der Waals surface area contributed by atoms with Crippen molar-refractivity contribution in [1.82, 2.24) is 14.9 Å². The number of ether oxygens (including phenoxy) is 1. The van der Waals surface area contributed by atoms with Gasteiger partial charge in [0.15, 0.2) is 5.75 Å². The fourth-order valence-electron chi connectivity index (χ4n) is 4.65. The molecule has 2 aromatic carbocycles. The van der Waals surface area contributed by atoms with E-state index in [1.807, 2.05) is 0 Å². The smallest absolute Gasteiger partial charge is 0.408 e. The van der Waals surface area contributed by atoms with Crippen LogP contribution in [-0.2, 0) is 0 Å². The lowest BCUT2D eigenvalue weighted by Crippen LogP contribution is -2.38. The van der Waals surface area contributed by atoms with Gasteiger partial charge in [0, 0.05) is 17.6 Å². The predicted octanol–water partition coefficient (Wildman–Crippen LogP) is 5.74. The van der Waals surface area contributed by atoms with Crippen LogP contribution in [0.4, 0.5) is 18.0 Å². The number of carbonyl (C=O) groups is 1. The van der Waals surface area contributed by atoms with Crippen molar-refractivity contribution in [1.29, 1.82) is 0 Å². The molecule has 2 heterocycles. The maximum absolute atomic E-state index is 14.8. The highest BCUT2D eigenvalue weighted by Gasteiger charge is 2.31. The van der Waals surface area contributed by atoms with Crippen LogP contribution in [0.3, 0.4) is 0 Å². The van der Waals surface area contributed by atoms with Crippen LogP contribution in [0.2, 0.25) is 0 Å². The van der Waals surface area contributed by atoms with Gasteiger partial charge in [-0.2, -0.15) is 0 Å². The Kier molecular flexibility index (Phi) is 6.22. The summed E-state index contributed by atoms with van der Waals surface area (Å²) in [4.78, 5) is 30.3. The molecule has 0 unspecified atom stereocenters. The van der Waals surface area contributed by atoms with Gasteiger partial charge in [0.25, 0.3) is 5.56 Å². The van der Waals surface area contributed by atoms with Gasteiger partial charge in [0.05, 0.1) is 29.0 Å². The number of aromatic nitrogens is 2. The zero-order valence-corrected chi connectivity index (χ0v) is 19.3. The van der Waals surface area contributed by atoms with E-state index in [1.54, 1.807) is 24.3 Å². The second kappa shape index (κ2) is 9.49. The molecule has 9 heteroatoms. The average Bonchev–Trinajstić information content (AvgIpc) is 2.80. The highest BCUT2D eigenvalue weighted by molar-refractivity contribution is 5.91. The number of nitrogens with zero attached hydrogens (tertiary/aromatic N) is 2. The molecule has 0 aliphatic heterocycles. The molecule has 1 amide bonds. The average molecular weight is 493 g/mol. The molecular weight excluding hydrogens is 471 g/mol. The second-order valence-electron chi connectivity index (χ2n) is 8.83. The monoisotopic (exact) mass is 493 g/mol. The molecule has 184 valence electrons. The molecule has 1 aliphatic carbocycles. The van der Waals surface area contributed by atoms with Crippen LogP contribution in [0.5, 0.6) is 5.75 Å². The molecular formula is C27H22F3N3O3. The van der Waals surface area contributed by atoms with Gasteiger partial charge in [-0.1, -0.05) is 18.6 Å². The first kappa shape index (κ1) is 23.6. The maximum atomic E-state index is 14.8. The van der Waals surface area contributed by atoms with Crippen LogP contribution >= 0.6 is 0 Å². The number of amides is 1. The SMILES string of the molecule is Cc1c(OC(=O)N[C@H](c2cccc(F)c2)C2CCC2)c2cc(F)cc(F)c2c(=O)n1-c1cccnc1. The zero-order chi connectivity index (χ0) is 25.4. The van der Waals surface area contributed by atoms with Gasteiger partial charge in [-0.05, 0) is 61.6 Å². The number of hydrogen-bond donors (Lipinski definition) is 1. The van der Waals surface area contributed by atoms with E-state index >= 15 is 0 Å². The lowest BCUT2D eigenvalue weighted by Gasteiger charge is -2.34. The Balaban J connectivity index is 1.59. The fourth-order valence-corrected chi connectivity index (χ4v) is 4.65. The number of fused-ring (bicyclic) bond motifs is 1. The van der Waals surface area contributed by atoms with Gasteiger partial charge in [-0.25, -0.2) is 18.0 Å². The summed E-state index contributed by atoms with van der Waals surface area (Å²) in [5.74, 6) is -2.50. The van der Waals surface area contributed by atoms with E-state index in [9.17, 15) is 22.8 Å². The Morgan fingerprint density at radius 1 is 1.11 bits per heavy atom. The third kappa shape index (κ3) is 4.32. The number of carbonyl (C=O) groups excluding carboxylic acids is 1. The third-order valence-corrected chi connectivity index (χ3v) is 6.58. The van der Waals surface area contributed by atoms with E-state index in [-0.39, 0.29) is 22.7 Å². The Morgan fingerprint density at radius 2 is 1.92 bits per heavy atom. The molecule has 0 radical (unpaired) electrons. The highest BCUT2D eigenvalue weighted by atomic mass is 19.1. The van der Waals surface area contributed by atoms with E-state index < -0.39 is 40.5 Å². The zero-order valence-electron chi connectivity index (χ0n) is 19.3. The summed E-state index contributed by atoms with van der Waals surface area (Å²) >= 11 is 0. The van der Waals surface area contributed by atoms with Crippen LogP contribution in [-0.4, -0.2) is 15.6 Å². The number of rotatable bonds is 5. The highest BCUT2D eigenvalue weighted by Crippen LogP contribution is 2.38. The molecule has 6 nitrogen and oxygen atoms in total. The standard InChI is InChI=1S/C27H22F3N3O3/c1-15-25(36-27(35)32-24(16-5-2-6-16)17-7-3-8-18(28)11-17)21-12-19(29)13-22(30)23(21)26(34)33(15)20-9-4-10-31-14-20/h3-4,7-14,16,24H,2,5-6H2,1H3,(H,32,35)/t24-/m0/s1. The molecule has 0 spiro atoms. The molecule has 2 aromatic heterocycles. The first-order chi connectivity index (χ1) is 17.3. The van der Waals surface area contributed by atoms with Crippen molar-refractivity contribution in [3.63, 3.8) is 0 Å². The van der Waals surface area contributed by atoms with Crippen LogP contribution < -0.4 is 15.6 Å². The molecule has 0 bridgehead atoms. The normalized spacial score (nSPS) is 14.3. The Bertz CT molecular complexity index is 1520. The minimum absolute atomic E-state index is 0.0939. The van der Waals surface area contributed by atoms with Gasteiger partial charge in [-0.15, -0.1) is 0 Å². The number of halogens is 3. The molecule has 0 saturated heterocycles. The summed E-state index contributed by atoms with van der Waals surface area (Å²) in [7, 11) is 0. The minimum atomic E-state index is -1.08.